The van der Waals surface area contributed by atoms with E-state index in [1.807, 2.05) is 50.5 Å². The molecule has 2 aromatic carbocycles. The molecule has 8 nitrogen and oxygen atoms in total. The fourth-order valence-electron chi connectivity index (χ4n) is 4.05. The molecule has 1 aliphatic heterocycles. The molecule has 4 rings (SSSR count). The number of methoxy groups -OCH3 is 1. The van der Waals surface area contributed by atoms with E-state index >= 15 is 0 Å². The molecule has 1 aliphatic rings. The number of ketones is 1. The smallest absolute Gasteiger partial charge is 0.338 e. The first kappa shape index (κ1) is 24.2. The molecule has 0 N–H and O–H groups in total. The standard InChI is InChI=1S/C27H29NO7/c1-16(2)35-24-8-6-19(13-25(24)31-5)27(30)34-15-22(29)21-12-17(3)28(18(21)4)20-7-9-23-26(14-20)33-11-10-32-23/h6-9,12-14,16H,10-11,15H2,1-5H3. The summed E-state index contributed by atoms with van der Waals surface area (Å²) in [5, 5.41) is 0. The average molecular weight is 480 g/mol. The Balaban J connectivity index is 1.48. The monoisotopic (exact) mass is 479 g/mol. The summed E-state index contributed by atoms with van der Waals surface area (Å²) in [6.45, 7) is 8.21. The zero-order valence-corrected chi connectivity index (χ0v) is 20.5. The van der Waals surface area contributed by atoms with Gasteiger partial charge in [-0.15, -0.1) is 0 Å². The van der Waals surface area contributed by atoms with E-state index in [-0.39, 0.29) is 24.1 Å². The average Bonchev–Trinajstić information content (AvgIpc) is 3.15. The van der Waals surface area contributed by atoms with Crippen molar-refractivity contribution in [1.82, 2.24) is 4.57 Å². The highest BCUT2D eigenvalue weighted by molar-refractivity contribution is 6.00. The molecule has 184 valence electrons. The number of Topliss-reactive ketones (excluding diaryl/α,β-unsaturated/α-hetero) is 1. The van der Waals surface area contributed by atoms with Crippen molar-refractivity contribution in [2.24, 2.45) is 0 Å². The zero-order chi connectivity index (χ0) is 25.1. The third-order valence-corrected chi connectivity index (χ3v) is 5.61. The zero-order valence-electron chi connectivity index (χ0n) is 20.5. The number of ether oxygens (including phenoxy) is 5. The largest absolute Gasteiger partial charge is 0.493 e. The van der Waals surface area contributed by atoms with Crippen LogP contribution in [0.25, 0.3) is 5.69 Å². The summed E-state index contributed by atoms with van der Waals surface area (Å²) < 4.78 is 29.6. The molecule has 0 atom stereocenters. The SMILES string of the molecule is COc1cc(C(=O)OCC(=O)c2cc(C)n(-c3ccc4c(c3)OCCO4)c2C)ccc1OC(C)C. The van der Waals surface area contributed by atoms with Crippen LogP contribution in [-0.2, 0) is 4.74 Å². The molecule has 0 bridgehead atoms. The van der Waals surface area contributed by atoms with Gasteiger partial charge in [0.1, 0.15) is 13.2 Å². The van der Waals surface area contributed by atoms with Gasteiger partial charge in [0.05, 0.1) is 18.8 Å². The summed E-state index contributed by atoms with van der Waals surface area (Å²) >= 11 is 0. The summed E-state index contributed by atoms with van der Waals surface area (Å²) in [6, 6.07) is 12.2. The number of aryl methyl sites for hydroxylation is 1. The van der Waals surface area contributed by atoms with Gasteiger partial charge in [-0.2, -0.15) is 0 Å². The first-order valence-corrected chi connectivity index (χ1v) is 11.4. The van der Waals surface area contributed by atoms with E-state index in [2.05, 4.69) is 0 Å². The number of carbonyl (C=O) groups is 2. The number of hydrogen-bond donors (Lipinski definition) is 0. The summed E-state index contributed by atoms with van der Waals surface area (Å²) in [6.07, 6.45) is -0.0412. The maximum atomic E-state index is 12.9. The second-order valence-electron chi connectivity index (χ2n) is 8.48. The van der Waals surface area contributed by atoms with Gasteiger partial charge in [-0.25, -0.2) is 4.79 Å². The van der Waals surface area contributed by atoms with E-state index < -0.39 is 5.97 Å². The van der Waals surface area contributed by atoms with Crippen molar-refractivity contribution in [3.63, 3.8) is 0 Å². The lowest BCUT2D eigenvalue weighted by molar-refractivity contribution is 0.0474. The molecule has 35 heavy (non-hydrogen) atoms. The van der Waals surface area contributed by atoms with Crippen LogP contribution in [0.2, 0.25) is 0 Å². The van der Waals surface area contributed by atoms with Crippen LogP contribution in [0, 0.1) is 13.8 Å². The first-order chi connectivity index (χ1) is 16.8. The number of hydrogen-bond acceptors (Lipinski definition) is 7. The van der Waals surface area contributed by atoms with E-state index in [1.165, 1.54) is 13.2 Å². The van der Waals surface area contributed by atoms with Crippen molar-refractivity contribution in [3.8, 4) is 28.7 Å². The van der Waals surface area contributed by atoms with Gasteiger partial charge in [-0.05, 0) is 64.1 Å². The second-order valence-corrected chi connectivity index (χ2v) is 8.48. The topological polar surface area (TPSA) is 85.2 Å². The van der Waals surface area contributed by atoms with Crippen molar-refractivity contribution >= 4 is 11.8 Å². The molecule has 0 aliphatic carbocycles. The van der Waals surface area contributed by atoms with E-state index in [0.717, 1.165) is 17.1 Å². The number of carbonyl (C=O) groups excluding carboxylic acids is 2. The normalized spacial score (nSPS) is 12.4. The van der Waals surface area contributed by atoms with Crippen LogP contribution in [0.3, 0.4) is 0 Å². The third-order valence-electron chi connectivity index (χ3n) is 5.61. The van der Waals surface area contributed by atoms with Crippen LogP contribution in [0.1, 0.15) is 46.0 Å². The molecule has 0 unspecified atom stereocenters. The minimum Gasteiger partial charge on any atom is -0.493 e. The van der Waals surface area contributed by atoms with Crippen LogP contribution < -0.4 is 18.9 Å². The lowest BCUT2D eigenvalue weighted by Crippen LogP contribution is -2.16. The van der Waals surface area contributed by atoms with Crippen LogP contribution >= 0.6 is 0 Å². The summed E-state index contributed by atoms with van der Waals surface area (Å²) in [5.41, 5.74) is 3.24. The number of benzene rings is 2. The van der Waals surface area contributed by atoms with E-state index in [9.17, 15) is 9.59 Å². The Bertz CT molecular complexity index is 1260. The van der Waals surface area contributed by atoms with Gasteiger partial charge in [-0.3, -0.25) is 4.79 Å². The van der Waals surface area contributed by atoms with Crippen molar-refractivity contribution in [3.05, 3.63) is 65.0 Å². The molecule has 0 amide bonds. The molecule has 0 radical (unpaired) electrons. The molecular weight excluding hydrogens is 450 g/mol. The molecule has 3 aromatic rings. The number of fused-ring (bicyclic) bond motifs is 1. The molecule has 0 saturated carbocycles. The van der Waals surface area contributed by atoms with Gasteiger partial charge >= 0.3 is 5.97 Å². The van der Waals surface area contributed by atoms with Gasteiger partial charge in [-0.1, -0.05) is 0 Å². The van der Waals surface area contributed by atoms with E-state index in [1.54, 1.807) is 18.2 Å². The molecular formula is C27H29NO7. The predicted octanol–water partition coefficient (Wildman–Crippen LogP) is 4.70. The summed E-state index contributed by atoms with van der Waals surface area (Å²) in [7, 11) is 1.50. The highest BCUT2D eigenvalue weighted by Crippen LogP contribution is 2.34. The van der Waals surface area contributed by atoms with E-state index in [0.29, 0.717) is 41.8 Å². The van der Waals surface area contributed by atoms with Crippen LogP contribution in [0.5, 0.6) is 23.0 Å². The number of esters is 1. The van der Waals surface area contributed by atoms with Crippen molar-refractivity contribution < 1.29 is 33.3 Å². The summed E-state index contributed by atoms with van der Waals surface area (Å²) in [4.78, 5) is 25.5. The molecule has 0 fully saturated rings. The lowest BCUT2D eigenvalue weighted by atomic mass is 10.1. The maximum absolute atomic E-state index is 12.9. The Morgan fingerprint density at radius 2 is 1.71 bits per heavy atom. The Kier molecular flexibility index (Phi) is 7.00. The fraction of sp³-hybridized carbons (Fsp3) is 0.333. The van der Waals surface area contributed by atoms with Gasteiger partial charge in [0.2, 0.25) is 5.78 Å². The van der Waals surface area contributed by atoms with Gasteiger partial charge in [0.25, 0.3) is 0 Å². The Labute approximate surface area is 204 Å². The van der Waals surface area contributed by atoms with Crippen molar-refractivity contribution in [2.45, 2.75) is 33.8 Å². The summed E-state index contributed by atoms with van der Waals surface area (Å²) in [5.74, 6) is 1.41. The van der Waals surface area contributed by atoms with Crippen LogP contribution in [0.15, 0.2) is 42.5 Å². The van der Waals surface area contributed by atoms with Gasteiger partial charge in [0.15, 0.2) is 29.6 Å². The number of aromatic nitrogens is 1. The first-order valence-electron chi connectivity index (χ1n) is 11.4. The molecule has 0 saturated heterocycles. The Morgan fingerprint density at radius 3 is 2.43 bits per heavy atom. The maximum Gasteiger partial charge on any atom is 0.338 e. The quantitative estimate of drug-likeness (QED) is 0.342. The van der Waals surface area contributed by atoms with Gasteiger partial charge < -0.3 is 28.3 Å². The predicted molar refractivity (Wildman–Crippen MR) is 130 cm³/mol. The van der Waals surface area contributed by atoms with Crippen LogP contribution in [-0.4, -0.2) is 49.4 Å². The molecule has 2 heterocycles. The third kappa shape index (κ3) is 5.11. The number of nitrogens with zero attached hydrogens (tertiary/aromatic N) is 1. The Morgan fingerprint density at radius 1 is 0.971 bits per heavy atom. The Hall–Kier alpha value is -3.94. The van der Waals surface area contributed by atoms with Crippen LogP contribution in [0.4, 0.5) is 0 Å². The highest BCUT2D eigenvalue weighted by Gasteiger charge is 2.21. The highest BCUT2D eigenvalue weighted by atomic mass is 16.6. The fourth-order valence-corrected chi connectivity index (χ4v) is 4.05. The van der Waals surface area contributed by atoms with Crippen molar-refractivity contribution in [2.75, 3.05) is 26.9 Å². The lowest BCUT2D eigenvalue weighted by Gasteiger charge is -2.20. The minimum absolute atomic E-state index is 0.0412. The number of rotatable bonds is 8. The molecule has 1 aromatic heterocycles. The van der Waals surface area contributed by atoms with E-state index in [4.69, 9.17) is 23.7 Å². The second kappa shape index (κ2) is 10.1. The molecule has 0 spiro atoms. The molecule has 8 heteroatoms. The van der Waals surface area contributed by atoms with Crippen molar-refractivity contribution in [1.29, 1.82) is 0 Å². The van der Waals surface area contributed by atoms with Gasteiger partial charge in [0, 0.05) is 28.7 Å². The minimum atomic E-state index is -0.617.